The first-order valence-corrected chi connectivity index (χ1v) is 4.91. The van der Waals surface area contributed by atoms with Gasteiger partial charge in [-0.3, -0.25) is 9.59 Å². The van der Waals surface area contributed by atoms with E-state index in [0.717, 1.165) is 0 Å². The zero-order valence-corrected chi connectivity index (χ0v) is 9.33. The molecule has 0 aromatic rings. The molecule has 0 aromatic heterocycles. The van der Waals surface area contributed by atoms with Crippen LogP contribution in [-0.2, 0) is 9.59 Å². The van der Waals surface area contributed by atoms with Crippen LogP contribution in [0.5, 0.6) is 0 Å². The Bertz CT molecular complexity index is 268. The number of rotatable bonds is 5. The van der Waals surface area contributed by atoms with E-state index in [1.165, 1.54) is 6.92 Å². The van der Waals surface area contributed by atoms with Gasteiger partial charge in [-0.15, -0.1) is 0 Å². The smallest absolute Gasteiger partial charge is 0.239 e. The van der Waals surface area contributed by atoms with Crippen LogP contribution in [0.3, 0.4) is 0 Å². The minimum absolute atomic E-state index is 0.0719. The summed E-state index contributed by atoms with van der Waals surface area (Å²) in [7, 11) is 0. The molecule has 2 N–H and O–H groups in total. The van der Waals surface area contributed by atoms with E-state index in [1.54, 1.807) is 6.07 Å². The van der Waals surface area contributed by atoms with Crippen LogP contribution >= 0.6 is 0 Å². The number of carbonyl (C=O) groups is 2. The first kappa shape index (κ1) is 13.4. The molecule has 84 valence electrons. The van der Waals surface area contributed by atoms with E-state index in [4.69, 9.17) is 5.26 Å². The standard InChI is InChI=1S/C10H17N3O2/c1-7(2)5-12-9(14)6-13-10(15)8(3)4-11/h7-8H,5-6H2,1-3H3,(H,12,14)(H,13,15). The van der Waals surface area contributed by atoms with Crippen LogP contribution in [0, 0.1) is 23.2 Å². The summed E-state index contributed by atoms with van der Waals surface area (Å²) in [6.07, 6.45) is 0. The summed E-state index contributed by atoms with van der Waals surface area (Å²) in [5, 5.41) is 13.5. The quantitative estimate of drug-likeness (QED) is 0.673. The summed E-state index contributed by atoms with van der Waals surface area (Å²) >= 11 is 0. The lowest BCUT2D eigenvalue weighted by atomic mass is 10.2. The predicted octanol–water partition coefficient (Wildman–Crippen LogP) is 0.0345. The average molecular weight is 211 g/mol. The lowest BCUT2D eigenvalue weighted by Crippen LogP contribution is -2.39. The first-order valence-electron chi connectivity index (χ1n) is 4.91. The molecule has 2 amide bonds. The maximum Gasteiger partial charge on any atom is 0.239 e. The van der Waals surface area contributed by atoms with Crippen molar-refractivity contribution in [3.63, 3.8) is 0 Å². The van der Waals surface area contributed by atoms with Crippen molar-refractivity contribution in [3.8, 4) is 6.07 Å². The number of carbonyl (C=O) groups excluding carboxylic acids is 2. The predicted molar refractivity (Wildman–Crippen MR) is 55.6 cm³/mol. The van der Waals surface area contributed by atoms with Crippen molar-refractivity contribution >= 4 is 11.8 Å². The summed E-state index contributed by atoms with van der Waals surface area (Å²) in [6, 6.07) is 1.79. The third-order valence-electron chi connectivity index (χ3n) is 1.72. The highest BCUT2D eigenvalue weighted by molar-refractivity contribution is 5.86. The summed E-state index contributed by atoms with van der Waals surface area (Å²) in [6.45, 7) is 5.97. The van der Waals surface area contributed by atoms with E-state index in [9.17, 15) is 9.59 Å². The minimum atomic E-state index is -0.720. The molecule has 1 unspecified atom stereocenters. The third-order valence-corrected chi connectivity index (χ3v) is 1.72. The molecule has 0 bridgehead atoms. The van der Waals surface area contributed by atoms with E-state index in [0.29, 0.717) is 12.5 Å². The largest absolute Gasteiger partial charge is 0.354 e. The Morgan fingerprint density at radius 3 is 2.33 bits per heavy atom. The van der Waals surface area contributed by atoms with Gasteiger partial charge < -0.3 is 10.6 Å². The molecule has 5 nitrogen and oxygen atoms in total. The van der Waals surface area contributed by atoms with E-state index in [2.05, 4.69) is 10.6 Å². The molecule has 0 aliphatic rings. The molecule has 0 saturated carbocycles. The van der Waals surface area contributed by atoms with Crippen LogP contribution < -0.4 is 10.6 Å². The van der Waals surface area contributed by atoms with E-state index in [-0.39, 0.29) is 12.5 Å². The molecule has 15 heavy (non-hydrogen) atoms. The molecule has 0 aliphatic carbocycles. The van der Waals surface area contributed by atoms with Gasteiger partial charge in [-0.2, -0.15) is 5.26 Å². The minimum Gasteiger partial charge on any atom is -0.354 e. The van der Waals surface area contributed by atoms with Gasteiger partial charge in [-0.05, 0) is 12.8 Å². The second-order valence-electron chi connectivity index (χ2n) is 3.77. The fourth-order valence-corrected chi connectivity index (χ4v) is 0.760. The van der Waals surface area contributed by atoms with Crippen molar-refractivity contribution in [2.45, 2.75) is 20.8 Å². The Balaban J connectivity index is 3.73. The lowest BCUT2D eigenvalue weighted by molar-refractivity contribution is -0.127. The van der Waals surface area contributed by atoms with Gasteiger partial charge in [0.25, 0.3) is 0 Å². The normalized spacial score (nSPS) is 11.7. The van der Waals surface area contributed by atoms with Crippen LogP contribution in [0.2, 0.25) is 0 Å². The molecule has 0 saturated heterocycles. The number of nitrogens with one attached hydrogen (secondary N) is 2. The molecule has 0 radical (unpaired) electrons. The Morgan fingerprint density at radius 1 is 1.27 bits per heavy atom. The van der Waals surface area contributed by atoms with E-state index >= 15 is 0 Å². The summed E-state index contributed by atoms with van der Waals surface area (Å²) in [5.41, 5.74) is 0. The van der Waals surface area contributed by atoms with Gasteiger partial charge in [0.2, 0.25) is 11.8 Å². The fourth-order valence-electron chi connectivity index (χ4n) is 0.760. The molecular weight excluding hydrogens is 194 g/mol. The van der Waals surface area contributed by atoms with Crippen LogP contribution in [0.25, 0.3) is 0 Å². The molecule has 0 heterocycles. The molecule has 0 aliphatic heterocycles. The molecule has 0 spiro atoms. The second kappa shape index (κ2) is 6.82. The van der Waals surface area contributed by atoms with Crippen LogP contribution in [-0.4, -0.2) is 24.9 Å². The highest BCUT2D eigenvalue weighted by atomic mass is 16.2. The second-order valence-corrected chi connectivity index (χ2v) is 3.77. The molecule has 5 heteroatoms. The zero-order chi connectivity index (χ0) is 11.8. The summed E-state index contributed by atoms with van der Waals surface area (Å²) in [4.78, 5) is 22.3. The van der Waals surface area contributed by atoms with Crippen molar-refractivity contribution in [3.05, 3.63) is 0 Å². The maximum atomic E-state index is 11.2. The van der Waals surface area contributed by atoms with Crippen molar-refractivity contribution in [1.29, 1.82) is 5.26 Å². The topological polar surface area (TPSA) is 82.0 Å². The van der Waals surface area contributed by atoms with Gasteiger partial charge in [0.1, 0.15) is 5.92 Å². The van der Waals surface area contributed by atoms with E-state index < -0.39 is 11.8 Å². The Labute approximate surface area is 89.8 Å². The van der Waals surface area contributed by atoms with E-state index in [1.807, 2.05) is 13.8 Å². The number of hydrogen-bond donors (Lipinski definition) is 2. The van der Waals surface area contributed by atoms with Gasteiger partial charge in [0.15, 0.2) is 0 Å². The average Bonchev–Trinajstić information content (AvgIpc) is 2.21. The summed E-state index contributed by atoms with van der Waals surface area (Å²) < 4.78 is 0. The van der Waals surface area contributed by atoms with Gasteiger partial charge in [0.05, 0.1) is 12.6 Å². The third kappa shape index (κ3) is 6.49. The van der Waals surface area contributed by atoms with Crippen molar-refractivity contribution in [2.24, 2.45) is 11.8 Å². The number of hydrogen-bond acceptors (Lipinski definition) is 3. The van der Waals surface area contributed by atoms with Gasteiger partial charge in [0, 0.05) is 6.54 Å². The lowest BCUT2D eigenvalue weighted by Gasteiger charge is -2.08. The molecule has 0 aromatic carbocycles. The van der Waals surface area contributed by atoms with Crippen LogP contribution in [0.4, 0.5) is 0 Å². The Hall–Kier alpha value is -1.57. The zero-order valence-electron chi connectivity index (χ0n) is 9.33. The monoisotopic (exact) mass is 211 g/mol. The van der Waals surface area contributed by atoms with Crippen molar-refractivity contribution in [2.75, 3.05) is 13.1 Å². The maximum absolute atomic E-state index is 11.2. The molecular formula is C10H17N3O2. The summed E-state index contributed by atoms with van der Waals surface area (Å²) in [5.74, 6) is -0.995. The van der Waals surface area contributed by atoms with Gasteiger partial charge >= 0.3 is 0 Å². The molecule has 0 fully saturated rings. The first-order chi connectivity index (χ1) is 6.97. The number of nitrogens with zero attached hydrogens (tertiary/aromatic N) is 1. The van der Waals surface area contributed by atoms with Gasteiger partial charge in [-0.1, -0.05) is 13.8 Å². The van der Waals surface area contributed by atoms with Crippen molar-refractivity contribution in [1.82, 2.24) is 10.6 Å². The van der Waals surface area contributed by atoms with Crippen LogP contribution in [0.15, 0.2) is 0 Å². The Kier molecular flexibility index (Phi) is 6.11. The SMILES string of the molecule is CC(C)CNC(=O)CNC(=O)C(C)C#N. The van der Waals surface area contributed by atoms with Crippen molar-refractivity contribution < 1.29 is 9.59 Å². The number of amides is 2. The molecule has 0 rings (SSSR count). The van der Waals surface area contributed by atoms with Gasteiger partial charge in [-0.25, -0.2) is 0 Å². The highest BCUT2D eigenvalue weighted by Crippen LogP contribution is 1.90. The Morgan fingerprint density at radius 2 is 1.87 bits per heavy atom. The molecule has 1 atom stereocenters. The highest BCUT2D eigenvalue weighted by Gasteiger charge is 2.12. The van der Waals surface area contributed by atoms with Crippen LogP contribution in [0.1, 0.15) is 20.8 Å². The number of nitriles is 1. The fraction of sp³-hybridized carbons (Fsp3) is 0.700.